The molecular weight excluding hydrogens is 233 g/mol. The highest BCUT2D eigenvalue weighted by Gasteiger charge is 2.14. The fourth-order valence-corrected chi connectivity index (χ4v) is 2.29. The first-order valence-corrected chi connectivity index (χ1v) is 6.32. The minimum Gasteiger partial charge on any atom is -0.378 e. The normalized spacial score (nSPS) is 19.5. The molecule has 1 aromatic carbocycles. The number of hydrogen-bond acceptors (Lipinski definition) is 3. The number of benzene rings is 1. The average Bonchev–Trinajstić information content (AvgIpc) is 2.97. The van der Waals surface area contributed by atoms with Crippen LogP contribution in [0, 0.1) is 5.82 Å². The lowest BCUT2D eigenvalue weighted by atomic mass is 10.2. The molecular formula is C13H16FN3O. The van der Waals surface area contributed by atoms with E-state index in [0.29, 0.717) is 12.1 Å². The Kier molecular flexibility index (Phi) is 3.15. The predicted octanol–water partition coefficient (Wildman–Crippen LogP) is 2.68. The van der Waals surface area contributed by atoms with E-state index in [4.69, 9.17) is 4.74 Å². The number of imidazole rings is 1. The zero-order valence-electron chi connectivity index (χ0n) is 10.1. The Balaban J connectivity index is 1.60. The number of ether oxygens (including phenoxy) is 1. The molecule has 2 aromatic rings. The Morgan fingerprint density at radius 1 is 1.50 bits per heavy atom. The number of nitrogens with zero attached hydrogens (tertiary/aromatic N) is 1. The second-order valence-corrected chi connectivity index (χ2v) is 4.60. The van der Waals surface area contributed by atoms with Gasteiger partial charge in [-0.05, 0) is 37.5 Å². The summed E-state index contributed by atoms with van der Waals surface area (Å²) in [4.78, 5) is 7.40. The van der Waals surface area contributed by atoms with Crippen LogP contribution in [0.1, 0.15) is 19.3 Å². The first-order chi connectivity index (χ1) is 8.81. The number of anilines is 1. The van der Waals surface area contributed by atoms with Gasteiger partial charge in [0.05, 0.1) is 17.1 Å². The van der Waals surface area contributed by atoms with Crippen molar-refractivity contribution in [3.8, 4) is 0 Å². The minimum atomic E-state index is -0.253. The Bertz CT molecular complexity index is 534. The maximum Gasteiger partial charge on any atom is 0.201 e. The van der Waals surface area contributed by atoms with E-state index in [1.54, 1.807) is 6.07 Å². The number of aromatic nitrogens is 2. The molecule has 0 aliphatic carbocycles. The number of H-pyrrole nitrogens is 1. The summed E-state index contributed by atoms with van der Waals surface area (Å²) in [5.41, 5.74) is 1.49. The molecule has 1 aliphatic heterocycles. The van der Waals surface area contributed by atoms with E-state index in [9.17, 15) is 4.39 Å². The Hall–Kier alpha value is -1.62. The lowest BCUT2D eigenvalue weighted by Crippen LogP contribution is -2.12. The van der Waals surface area contributed by atoms with Crippen molar-refractivity contribution in [1.29, 1.82) is 0 Å². The van der Waals surface area contributed by atoms with Crippen molar-refractivity contribution in [3.05, 3.63) is 24.0 Å². The molecule has 1 aliphatic rings. The summed E-state index contributed by atoms with van der Waals surface area (Å²) < 4.78 is 18.6. The Labute approximate surface area is 105 Å². The summed E-state index contributed by atoms with van der Waals surface area (Å²) in [6.07, 6.45) is 3.66. The van der Waals surface area contributed by atoms with E-state index in [-0.39, 0.29) is 5.82 Å². The van der Waals surface area contributed by atoms with E-state index < -0.39 is 0 Å². The van der Waals surface area contributed by atoms with Gasteiger partial charge in [-0.2, -0.15) is 0 Å². The topological polar surface area (TPSA) is 49.9 Å². The van der Waals surface area contributed by atoms with Gasteiger partial charge >= 0.3 is 0 Å². The van der Waals surface area contributed by atoms with Gasteiger partial charge < -0.3 is 15.0 Å². The van der Waals surface area contributed by atoms with Crippen LogP contribution < -0.4 is 5.32 Å². The maximum absolute atomic E-state index is 13.0. The molecule has 5 heteroatoms. The second-order valence-electron chi connectivity index (χ2n) is 4.60. The van der Waals surface area contributed by atoms with Crippen molar-refractivity contribution in [2.45, 2.75) is 25.4 Å². The highest BCUT2D eigenvalue weighted by atomic mass is 19.1. The lowest BCUT2D eigenvalue weighted by Gasteiger charge is -2.08. The van der Waals surface area contributed by atoms with Crippen molar-refractivity contribution in [1.82, 2.24) is 9.97 Å². The van der Waals surface area contributed by atoms with Gasteiger partial charge in [0.25, 0.3) is 0 Å². The van der Waals surface area contributed by atoms with Gasteiger partial charge in [0.1, 0.15) is 5.82 Å². The molecule has 2 heterocycles. The molecule has 1 aromatic heterocycles. The molecule has 1 saturated heterocycles. The zero-order chi connectivity index (χ0) is 12.4. The van der Waals surface area contributed by atoms with Crippen LogP contribution in [0.2, 0.25) is 0 Å². The number of hydrogen-bond donors (Lipinski definition) is 2. The van der Waals surface area contributed by atoms with Gasteiger partial charge in [0.2, 0.25) is 5.95 Å². The van der Waals surface area contributed by atoms with E-state index in [2.05, 4.69) is 15.3 Å². The number of rotatable bonds is 4. The quantitative estimate of drug-likeness (QED) is 0.875. The van der Waals surface area contributed by atoms with E-state index in [1.165, 1.54) is 12.1 Å². The van der Waals surface area contributed by atoms with Crippen LogP contribution in [0.4, 0.5) is 10.3 Å². The van der Waals surface area contributed by atoms with Gasteiger partial charge in [-0.1, -0.05) is 0 Å². The summed E-state index contributed by atoms with van der Waals surface area (Å²) >= 11 is 0. The standard InChI is InChI=1S/C13H16FN3O/c14-9-3-4-11-12(8-9)17-13(16-11)15-6-5-10-2-1-7-18-10/h3-4,8,10H,1-2,5-7H2,(H2,15,16,17). The summed E-state index contributed by atoms with van der Waals surface area (Å²) in [6.45, 7) is 1.70. The van der Waals surface area contributed by atoms with Crippen LogP contribution in [-0.2, 0) is 4.74 Å². The number of nitrogens with one attached hydrogen (secondary N) is 2. The summed E-state index contributed by atoms with van der Waals surface area (Å²) in [5.74, 6) is 0.436. The summed E-state index contributed by atoms with van der Waals surface area (Å²) in [5, 5.41) is 3.21. The highest BCUT2D eigenvalue weighted by Crippen LogP contribution is 2.17. The molecule has 18 heavy (non-hydrogen) atoms. The van der Waals surface area contributed by atoms with Crippen molar-refractivity contribution < 1.29 is 9.13 Å². The predicted molar refractivity (Wildman–Crippen MR) is 68.1 cm³/mol. The number of fused-ring (bicyclic) bond motifs is 1. The molecule has 1 fully saturated rings. The smallest absolute Gasteiger partial charge is 0.201 e. The largest absolute Gasteiger partial charge is 0.378 e. The van der Waals surface area contributed by atoms with Crippen LogP contribution in [0.5, 0.6) is 0 Å². The van der Waals surface area contributed by atoms with Gasteiger partial charge in [0, 0.05) is 13.2 Å². The van der Waals surface area contributed by atoms with Crippen molar-refractivity contribution >= 4 is 17.0 Å². The van der Waals surface area contributed by atoms with E-state index in [0.717, 1.165) is 43.4 Å². The van der Waals surface area contributed by atoms with Crippen LogP contribution in [0.3, 0.4) is 0 Å². The van der Waals surface area contributed by atoms with E-state index >= 15 is 0 Å². The highest BCUT2D eigenvalue weighted by molar-refractivity contribution is 5.77. The number of aromatic amines is 1. The minimum absolute atomic E-state index is 0.253. The third kappa shape index (κ3) is 2.46. The van der Waals surface area contributed by atoms with Gasteiger partial charge in [-0.25, -0.2) is 9.37 Å². The molecule has 0 amide bonds. The summed E-state index contributed by atoms with van der Waals surface area (Å²) in [6, 6.07) is 4.54. The Morgan fingerprint density at radius 3 is 3.28 bits per heavy atom. The maximum atomic E-state index is 13.0. The summed E-state index contributed by atoms with van der Waals surface area (Å²) in [7, 11) is 0. The molecule has 0 saturated carbocycles. The molecule has 1 atom stereocenters. The van der Waals surface area contributed by atoms with Gasteiger partial charge in [-0.3, -0.25) is 0 Å². The van der Waals surface area contributed by atoms with Crippen LogP contribution >= 0.6 is 0 Å². The molecule has 96 valence electrons. The average molecular weight is 249 g/mol. The molecule has 3 rings (SSSR count). The fraction of sp³-hybridized carbons (Fsp3) is 0.462. The fourth-order valence-electron chi connectivity index (χ4n) is 2.29. The van der Waals surface area contributed by atoms with Crippen LogP contribution in [0.25, 0.3) is 11.0 Å². The first kappa shape index (κ1) is 11.5. The van der Waals surface area contributed by atoms with Crippen LogP contribution in [-0.4, -0.2) is 29.2 Å². The molecule has 0 bridgehead atoms. The van der Waals surface area contributed by atoms with Crippen LogP contribution in [0.15, 0.2) is 18.2 Å². The number of halogens is 1. The SMILES string of the molecule is Fc1ccc2nc(NCCC3CCCO3)[nH]c2c1. The third-order valence-corrected chi connectivity index (χ3v) is 3.23. The molecule has 4 nitrogen and oxygen atoms in total. The lowest BCUT2D eigenvalue weighted by molar-refractivity contribution is 0.107. The van der Waals surface area contributed by atoms with Gasteiger partial charge in [0.15, 0.2) is 0 Å². The second kappa shape index (κ2) is 4.94. The molecule has 1 unspecified atom stereocenters. The third-order valence-electron chi connectivity index (χ3n) is 3.23. The monoisotopic (exact) mass is 249 g/mol. The van der Waals surface area contributed by atoms with Crippen molar-refractivity contribution in [3.63, 3.8) is 0 Å². The molecule has 0 spiro atoms. The zero-order valence-corrected chi connectivity index (χ0v) is 10.1. The Morgan fingerprint density at radius 2 is 2.44 bits per heavy atom. The molecule has 0 radical (unpaired) electrons. The molecule has 2 N–H and O–H groups in total. The van der Waals surface area contributed by atoms with Gasteiger partial charge in [-0.15, -0.1) is 0 Å². The van der Waals surface area contributed by atoms with Crippen molar-refractivity contribution in [2.75, 3.05) is 18.5 Å². The first-order valence-electron chi connectivity index (χ1n) is 6.32. The van der Waals surface area contributed by atoms with E-state index in [1.807, 2.05) is 0 Å². The van der Waals surface area contributed by atoms with Crippen molar-refractivity contribution in [2.24, 2.45) is 0 Å².